The highest BCUT2D eigenvalue weighted by Crippen LogP contribution is 2.22. The molecule has 1 aromatic rings. The quantitative estimate of drug-likeness (QED) is 0.877. The number of carboxylic acids is 1. The molecule has 1 atom stereocenters. The van der Waals surface area contributed by atoms with Crippen molar-refractivity contribution in [3.8, 4) is 5.75 Å². The number of methoxy groups -OCH3 is 1. The highest BCUT2D eigenvalue weighted by atomic mass is 16.5. The van der Waals surface area contributed by atoms with Gasteiger partial charge in [0, 0.05) is 19.0 Å². The number of rotatable bonds is 6. The van der Waals surface area contributed by atoms with E-state index in [1.54, 1.807) is 7.11 Å². The maximum atomic E-state index is 12.5. The summed E-state index contributed by atoms with van der Waals surface area (Å²) in [6.07, 6.45) is 3.99. The average molecular weight is 305 g/mol. The predicted octanol–water partition coefficient (Wildman–Crippen LogP) is 2.48. The van der Waals surface area contributed by atoms with Crippen LogP contribution in [0.1, 0.15) is 37.7 Å². The lowest BCUT2D eigenvalue weighted by Crippen LogP contribution is -2.44. The van der Waals surface area contributed by atoms with Gasteiger partial charge >= 0.3 is 5.97 Å². The first-order valence-corrected chi connectivity index (χ1v) is 7.74. The van der Waals surface area contributed by atoms with Gasteiger partial charge in [0.25, 0.3) is 0 Å². The van der Waals surface area contributed by atoms with Crippen molar-refractivity contribution < 1.29 is 19.4 Å². The molecule has 2 rings (SSSR count). The van der Waals surface area contributed by atoms with Gasteiger partial charge in [0.2, 0.25) is 5.91 Å². The number of piperidine rings is 1. The van der Waals surface area contributed by atoms with Crippen molar-refractivity contribution in [3.63, 3.8) is 0 Å². The highest BCUT2D eigenvalue weighted by molar-refractivity contribution is 5.79. The minimum Gasteiger partial charge on any atom is -0.497 e. The number of benzene rings is 1. The zero-order valence-corrected chi connectivity index (χ0v) is 13.0. The first kappa shape index (κ1) is 16.3. The Labute approximate surface area is 130 Å². The lowest BCUT2D eigenvalue weighted by atomic mass is 9.97. The second kappa shape index (κ2) is 7.82. The van der Waals surface area contributed by atoms with Crippen LogP contribution in [0, 0.1) is 0 Å². The molecule has 1 aliphatic heterocycles. The molecule has 22 heavy (non-hydrogen) atoms. The van der Waals surface area contributed by atoms with Crippen LogP contribution >= 0.6 is 0 Å². The van der Waals surface area contributed by atoms with Gasteiger partial charge in [0.05, 0.1) is 13.5 Å². The highest BCUT2D eigenvalue weighted by Gasteiger charge is 2.26. The van der Waals surface area contributed by atoms with E-state index in [1.807, 2.05) is 29.2 Å². The summed E-state index contributed by atoms with van der Waals surface area (Å²) in [5.41, 5.74) is 0.952. The minimum absolute atomic E-state index is 0.0654. The topological polar surface area (TPSA) is 66.8 Å². The maximum absolute atomic E-state index is 12.5. The Bertz CT molecular complexity index is 512. The summed E-state index contributed by atoms with van der Waals surface area (Å²) in [6.45, 7) is 0.735. The summed E-state index contributed by atoms with van der Waals surface area (Å²) in [4.78, 5) is 25.2. The molecular weight excluding hydrogens is 282 g/mol. The number of ether oxygens (including phenoxy) is 1. The zero-order valence-electron chi connectivity index (χ0n) is 13.0. The van der Waals surface area contributed by atoms with E-state index in [2.05, 4.69) is 0 Å². The van der Waals surface area contributed by atoms with Crippen LogP contribution in [-0.2, 0) is 16.0 Å². The smallest absolute Gasteiger partial charge is 0.303 e. The summed E-state index contributed by atoms with van der Waals surface area (Å²) in [7, 11) is 1.61. The van der Waals surface area contributed by atoms with Crippen molar-refractivity contribution in [2.24, 2.45) is 0 Å². The van der Waals surface area contributed by atoms with E-state index in [9.17, 15) is 9.59 Å². The normalized spacial score (nSPS) is 18.0. The number of carboxylic acid groups (broad SMARTS) is 1. The largest absolute Gasteiger partial charge is 0.497 e. The fraction of sp³-hybridized carbons (Fsp3) is 0.529. The van der Waals surface area contributed by atoms with Gasteiger partial charge in [-0.05, 0) is 43.4 Å². The molecule has 0 aliphatic carbocycles. The maximum Gasteiger partial charge on any atom is 0.303 e. The standard InChI is InChI=1S/C17H23NO4/c1-22-15-8-5-13(6-9-15)12-16(19)18-11-3-2-4-14(18)7-10-17(20)21/h5-6,8-9,14H,2-4,7,10-12H2,1H3,(H,20,21)/t14-/m0/s1. The SMILES string of the molecule is COc1ccc(CC(=O)N2CCCC[C@H]2CCC(=O)O)cc1. The Hall–Kier alpha value is -2.04. The van der Waals surface area contributed by atoms with E-state index >= 15 is 0 Å². The van der Waals surface area contributed by atoms with Gasteiger partial charge in [-0.3, -0.25) is 9.59 Å². The molecule has 0 spiro atoms. The predicted molar refractivity (Wildman–Crippen MR) is 82.9 cm³/mol. The number of hydrogen-bond donors (Lipinski definition) is 1. The molecule has 0 radical (unpaired) electrons. The molecule has 0 bridgehead atoms. The average Bonchev–Trinajstić information content (AvgIpc) is 2.54. The van der Waals surface area contributed by atoms with Crippen molar-refractivity contribution in [1.29, 1.82) is 0 Å². The summed E-state index contributed by atoms with van der Waals surface area (Å²) in [6, 6.07) is 7.55. The number of carbonyl (C=O) groups is 2. The van der Waals surface area contributed by atoms with E-state index in [0.29, 0.717) is 12.8 Å². The van der Waals surface area contributed by atoms with Crippen molar-refractivity contribution in [3.05, 3.63) is 29.8 Å². The van der Waals surface area contributed by atoms with Crippen LogP contribution in [0.15, 0.2) is 24.3 Å². The molecule has 0 unspecified atom stereocenters. The first-order chi connectivity index (χ1) is 10.6. The summed E-state index contributed by atoms with van der Waals surface area (Å²) < 4.78 is 5.11. The van der Waals surface area contributed by atoms with Crippen LogP contribution in [0.3, 0.4) is 0 Å². The van der Waals surface area contributed by atoms with E-state index in [1.165, 1.54) is 0 Å². The second-order valence-electron chi connectivity index (χ2n) is 5.69. The number of likely N-dealkylation sites (tertiary alicyclic amines) is 1. The molecule has 0 aromatic heterocycles. The monoisotopic (exact) mass is 305 g/mol. The molecule has 1 amide bonds. The third kappa shape index (κ3) is 4.48. The van der Waals surface area contributed by atoms with Crippen LogP contribution < -0.4 is 4.74 Å². The molecule has 5 heteroatoms. The molecule has 0 saturated carbocycles. The molecule has 1 heterocycles. The Kier molecular flexibility index (Phi) is 5.81. The molecular formula is C17H23NO4. The first-order valence-electron chi connectivity index (χ1n) is 7.74. The van der Waals surface area contributed by atoms with Crippen molar-refractivity contribution in [1.82, 2.24) is 4.90 Å². The van der Waals surface area contributed by atoms with Crippen LogP contribution in [-0.4, -0.2) is 41.6 Å². The number of hydrogen-bond acceptors (Lipinski definition) is 3. The number of nitrogens with zero attached hydrogens (tertiary/aromatic N) is 1. The summed E-state index contributed by atoms with van der Waals surface area (Å²) in [5.74, 6) is 0.0573. The lowest BCUT2D eigenvalue weighted by molar-refractivity contribution is -0.139. The zero-order chi connectivity index (χ0) is 15.9. The number of aliphatic carboxylic acids is 1. The van der Waals surface area contributed by atoms with E-state index in [0.717, 1.165) is 37.1 Å². The molecule has 1 aromatic carbocycles. The van der Waals surface area contributed by atoms with Crippen LogP contribution in [0.2, 0.25) is 0 Å². The fourth-order valence-corrected chi connectivity index (χ4v) is 2.94. The Balaban J connectivity index is 1.96. The third-order valence-electron chi connectivity index (χ3n) is 4.15. The van der Waals surface area contributed by atoms with Crippen LogP contribution in [0.4, 0.5) is 0 Å². The van der Waals surface area contributed by atoms with Crippen LogP contribution in [0.25, 0.3) is 0 Å². The van der Waals surface area contributed by atoms with E-state index in [4.69, 9.17) is 9.84 Å². The second-order valence-corrected chi connectivity index (χ2v) is 5.69. The van der Waals surface area contributed by atoms with Crippen molar-refractivity contribution >= 4 is 11.9 Å². The fourth-order valence-electron chi connectivity index (χ4n) is 2.94. The van der Waals surface area contributed by atoms with Gasteiger partial charge in [0.1, 0.15) is 5.75 Å². The van der Waals surface area contributed by atoms with Gasteiger partial charge in [-0.25, -0.2) is 0 Å². The van der Waals surface area contributed by atoms with Gasteiger partial charge < -0.3 is 14.7 Å². The van der Waals surface area contributed by atoms with Crippen molar-refractivity contribution in [2.45, 2.75) is 44.6 Å². The van der Waals surface area contributed by atoms with Gasteiger partial charge in [-0.15, -0.1) is 0 Å². The van der Waals surface area contributed by atoms with Gasteiger partial charge in [-0.1, -0.05) is 12.1 Å². The van der Waals surface area contributed by atoms with Crippen molar-refractivity contribution in [2.75, 3.05) is 13.7 Å². The Morgan fingerprint density at radius 2 is 2.00 bits per heavy atom. The molecule has 5 nitrogen and oxygen atoms in total. The van der Waals surface area contributed by atoms with E-state index < -0.39 is 5.97 Å². The molecule has 120 valence electrons. The molecule has 1 N–H and O–H groups in total. The lowest BCUT2D eigenvalue weighted by Gasteiger charge is -2.35. The Morgan fingerprint density at radius 1 is 1.27 bits per heavy atom. The van der Waals surface area contributed by atoms with E-state index in [-0.39, 0.29) is 18.4 Å². The van der Waals surface area contributed by atoms with Gasteiger partial charge in [-0.2, -0.15) is 0 Å². The Morgan fingerprint density at radius 3 is 2.64 bits per heavy atom. The summed E-state index contributed by atoms with van der Waals surface area (Å²) in [5, 5.41) is 8.84. The molecule has 1 saturated heterocycles. The molecule has 1 aliphatic rings. The number of amides is 1. The summed E-state index contributed by atoms with van der Waals surface area (Å²) >= 11 is 0. The third-order valence-corrected chi connectivity index (χ3v) is 4.15. The van der Waals surface area contributed by atoms with Crippen LogP contribution in [0.5, 0.6) is 5.75 Å². The van der Waals surface area contributed by atoms with Gasteiger partial charge in [0.15, 0.2) is 0 Å². The molecule has 1 fully saturated rings. The minimum atomic E-state index is -0.798. The number of carbonyl (C=O) groups excluding carboxylic acids is 1.